The van der Waals surface area contributed by atoms with Gasteiger partial charge in [0.2, 0.25) is 0 Å². The van der Waals surface area contributed by atoms with Crippen LogP contribution in [0, 0.1) is 0 Å². The van der Waals surface area contributed by atoms with Crippen LogP contribution in [-0.2, 0) is 0 Å². The average molecular weight is 370 g/mol. The highest BCUT2D eigenvalue weighted by molar-refractivity contribution is 5.93. The van der Waals surface area contributed by atoms with E-state index in [0.29, 0.717) is 28.5 Å². The van der Waals surface area contributed by atoms with Gasteiger partial charge < -0.3 is 9.47 Å². The molecule has 3 aromatic carbocycles. The van der Waals surface area contributed by atoms with Gasteiger partial charge in [0.05, 0.1) is 12.7 Å². The summed E-state index contributed by atoms with van der Waals surface area (Å²) in [7, 11) is 1.58. The summed E-state index contributed by atoms with van der Waals surface area (Å²) in [5.74, 6) is 0.617. The Morgan fingerprint density at radius 1 is 0.821 bits per heavy atom. The zero-order valence-electron chi connectivity index (χ0n) is 15.3. The molecule has 0 radical (unpaired) electrons. The van der Waals surface area contributed by atoms with Gasteiger partial charge in [-0.15, -0.1) is 0 Å². The number of aromatic amines is 1. The largest absolute Gasteiger partial charge is 0.497 e. The molecule has 1 aromatic heterocycles. The number of hydrogen-bond acceptors (Lipinski definition) is 4. The Labute approximate surface area is 162 Å². The van der Waals surface area contributed by atoms with Crippen LogP contribution < -0.4 is 9.47 Å². The van der Waals surface area contributed by atoms with Crippen molar-refractivity contribution in [3.63, 3.8) is 0 Å². The molecule has 0 bridgehead atoms. The van der Waals surface area contributed by atoms with E-state index in [0.717, 1.165) is 11.1 Å². The van der Waals surface area contributed by atoms with Crippen LogP contribution in [0.1, 0.15) is 10.4 Å². The minimum atomic E-state index is -0.460. The smallest absolute Gasteiger partial charge is 0.343 e. The molecule has 5 heteroatoms. The molecule has 4 rings (SSSR count). The molecule has 0 aliphatic rings. The lowest BCUT2D eigenvalue weighted by molar-refractivity contribution is 0.0736. The summed E-state index contributed by atoms with van der Waals surface area (Å²) in [6, 6.07) is 26.1. The Bertz CT molecular complexity index is 1020. The molecule has 0 fully saturated rings. The molecule has 28 heavy (non-hydrogen) atoms. The number of hydrogen-bond donors (Lipinski definition) is 1. The van der Waals surface area contributed by atoms with Gasteiger partial charge in [-0.05, 0) is 24.3 Å². The molecule has 4 aromatic rings. The van der Waals surface area contributed by atoms with Gasteiger partial charge in [-0.2, -0.15) is 5.10 Å². The number of aromatic nitrogens is 2. The fraction of sp³-hybridized carbons (Fsp3) is 0.0435. The van der Waals surface area contributed by atoms with E-state index < -0.39 is 5.97 Å². The summed E-state index contributed by atoms with van der Waals surface area (Å²) >= 11 is 0. The zero-order chi connectivity index (χ0) is 19.3. The van der Waals surface area contributed by atoms with Crippen LogP contribution in [0.3, 0.4) is 0 Å². The molecule has 0 amide bonds. The van der Waals surface area contributed by atoms with Gasteiger partial charge in [-0.1, -0.05) is 60.7 Å². The highest BCUT2D eigenvalue weighted by Gasteiger charge is 2.21. The lowest BCUT2D eigenvalue weighted by Gasteiger charge is -2.08. The van der Waals surface area contributed by atoms with Gasteiger partial charge in [0.15, 0.2) is 5.75 Å². The van der Waals surface area contributed by atoms with E-state index >= 15 is 0 Å². The van der Waals surface area contributed by atoms with Crippen molar-refractivity contribution < 1.29 is 14.3 Å². The van der Waals surface area contributed by atoms with E-state index in [1.54, 1.807) is 31.4 Å². The topological polar surface area (TPSA) is 64.2 Å². The van der Waals surface area contributed by atoms with Crippen LogP contribution in [0.25, 0.3) is 22.5 Å². The van der Waals surface area contributed by atoms with Crippen molar-refractivity contribution in [2.45, 2.75) is 0 Å². The molecule has 0 saturated carbocycles. The summed E-state index contributed by atoms with van der Waals surface area (Å²) in [6.07, 6.45) is 0. The number of nitrogens with one attached hydrogen (secondary N) is 1. The molecule has 0 aliphatic carbocycles. The number of esters is 1. The molecule has 5 nitrogen and oxygen atoms in total. The average Bonchev–Trinajstić information content (AvgIpc) is 3.18. The molecule has 0 unspecified atom stereocenters. The lowest BCUT2D eigenvalue weighted by Crippen LogP contribution is -2.09. The van der Waals surface area contributed by atoms with Gasteiger partial charge in [-0.3, -0.25) is 5.10 Å². The number of ether oxygens (including phenoxy) is 2. The SMILES string of the molecule is COc1ccc(C(=O)Oc2c(-c3ccccc3)n[nH]c2-c2ccccc2)cc1. The van der Waals surface area contributed by atoms with Gasteiger partial charge in [-0.25, -0.2) is 4.79 Å². The number of nitrogens with zero attached hydrogens (tertiary/aromatic N) is 1. The predicted molar refractivity (Wildman–Crippen MR) is 107 cm³/mol. The Morgan fingerprint density at radius 3 is 2.04 bits per heavy atom. The molecule has 0 atom stereocenters. The second-order valence-corrected chi connectivity index (χ2v) is 6.13. The number of benzene rings is 3. The predicted octanol–water partition coefficient (Wildman–Crippen LogP) is 4.97. The van der Waals surface area contributed by atoms with Crippen molar-refractivity contribution in [3.8, 4) is 34.0 Å². The van der Waals surface area contributed by atoms with E-state index in [2.05, 4.69) is 10.2 Å². The number of H-pyrrole nitrogens is 1. The first kappa shape index (κ1) is 17.5. The molecule has 138 valence electrons. The van der Waals surface area contributed by atoms with E-state index in [9.17, 15) is 4.79 Å². The maximum absolute atomic E-state index is 12.8. The first-order valence-corrected chi connectivity index (χ1v) is 8.81. The van der Waals surface area contributed by atoms with Gasteiger partial charge in [0, 0.05) is 11.1 Å². The van der Waals surface area contributed by atoms with Gasteiger partial charge in [0.25, 0.3) is 0 Å². The standard InChI is InChI=1S/C23H18N2O3/c1-27-19-14-12-18(13-15-19)23(26)28-22-20(16-8-4-2-5-9-16)24-25-21(22)17-10-6-3-7-11-17/h2-15H,1H3,(H,24,25). The Kier molecular flexibility index (Phi) is 4.89. The number of carbonyl (C=O) groups is 1. The van der Waals surface area contributed by atoms with Crippen molar-refractivity contribution in [1.82, 2.24) is 10.2 Å². The van der Waals surface area contributed by atoms with Gasteiger partial charge in [0.1, 0.15) is 17.1 Å². The summed E-state index contributed by atoms with van der Waals surface area (Å²) in [5, 5.41) is 7.43. The summed E-state index contributed by atoms with van der Waals surface area (Å²) in [4.78, 5) is 12.8. The third-order valence-corrected chi connectivity index (χ3v) is 4.35. The van der Waals surface area contributed by atoms with Crippen molar-refractivity contribution >= 4 is 5.97 Å². The normalized spacial score (nSPS) is 10.5. The third kappa shape index (κ3) is 3.50. The molecule has 0 spiro atoms. The molecular formula is C23H18N2O3. The number of methoxy groups -OCH3 is 1. The fourth-order valence-corrected chi connectivity index (χ4v) is 2.90. The van der Waals surface area contributed by atoms with Crippen LogP contribution in [0.4, 0.5) is 0 Å². The highest BCUT2D eigenvalue weighted by Crippen LogP contribution is 2.37. The highest BCUT2D eigenvalue weighted by atomic mass is 16.5. The van der Waals surface area contributed by atoms with Crippen LogP contribution in [-0.4, -0.2) is 23.3 Å². The Balaban J connectivity index is 1.74. The molecule has 0 saturated heterocycles. The monoisotopic (exact) mass is 370 g/mol. The second-order valence-electron chi connectivity index (χ2n) is 6.13. The van der Waals surface area contributed by atoms with Crippen molar-refractivity contribution in [2.24, 2.45) is 0 Å². The number of rotatable bonds is 5. The molecule has 1 heterocycles. The Hall–Kier alpha value is -3.86. The lowest BCUT2D eigenvalue weighted by atomic mass is 10.1. The minimum Gasteiger partial charge on any atom is -0.497 e. The first-order chi connectivity index (χ1) is 13.8. The van der Waals surface area contributed by atoms with E-state index in [-0.39, 0.29) is 0 Å². The summed E-state index contributed by atoms with van der Waals surface area (Å²) in [5.41, 5.74) is 3.41. The van der Waals surface area contributed by atoms with Crippen LogP contribution in [0.15, 0.2) is 84.9 Å². The van der Waals surface area contributed by atoms with E-state index in [4.69, 9.17) is 9.47 Å². The van der Waals surface area contributed by atoms with Crippen LogP contribution in [0.2, 0.25) is 0 Å². The second kappa shape index (κ2) is 7.80. The third-order valence-electron chi connectivity index (χ3n) is 4.35. The maximum atomic E-state index is 12.8. The van der Waals surface area contributed by atoms with Crippen molar-refractivity contribution in [1.29, 1.82) is 0 Å². The van der Waals surface area contributed by atoms with E-state index in [1.165, 1.54) is 0 Å². The number of carbonyl (C=O) groups excluding carboxylic acids is 1. The Morgan fingerprint density at radius 2 is 1.43 bits per heavy atom. The molecule has 0 aliphatic heterocycles. The fourth-order valence-electron chi connectivity index (χ4n) is 2.90. The summed E-state index contributed by atoms with van der Waals surface area (Å²) < 4.78 is 11.0. The molecular weight excluding hydrogens is 352 g/mol. The van der Waals surface area contributed by atoms with Gasteiger partial charge >= 0.3 is 5.97 Å². The summed E-state index contributed by atoms with van der Waals surface area (Å²) in [6.45, 7) is 0. The first-order valence-electron chi connectivity index (χ1n) is 8.81. The van der Waals surface area contributed by atoms with Crippen LogP contribution in [0.5, 0.6) is 11.5 Å². The van der Waals surface area contributed by atoms with E-state index in [1.807, 2.05) is 60.7 Å². The quantitative estimate of drug-likeness (QED) is 0.504. The van der Waals surface area contributed by atoms with Crippen LogP contribution >= 0.6 is 0 Å². The maximum Gasteiger partial charge on any atom is 0.343 e. The van der Waals surface area contributed by atoms with Crippen molar-refractivity contribution in [2.75, 3.05) is 7.11 Å². The minimum absolute atomic E-state index is 0.401. The zero-order valence-corrected chi connectivity index (χ0v) is 15.3. The van der Waals surface area contributed by atoms with Crippen molar-refractivity contribution in [3.05, 3.63) is 90.5 Å². The molecule has 1 N–H and O–H groups in total.